The number of aliphatic hydroxyl groups is 1. The van der Waals surface area contributed by atoms with Gasteiger partial charge in [-0.3, -0.25) is 9.78 Å². The number of rotatable bonds is 3. The van der Waals surface area contributed by atoms with E-state index in [0.29, 0.717) is 18.5 Å². The molecule has 0 spiro atoms. The van der Waals surface area contributed by atoms with Crippen molar-refractivity contribution < 1.29 is 9.90 Å². The highest BCUT2D eigenvalue weighted by atomic mass is 16.3. The molecule has 1 aliphatic rings. The Bertz CT molecular complexity index is 864. The minimum Gasteiger partial charge on any atom is -0.393 e. The number of nitrogens with one attached hydrogen (secondary N) is 2. The molecule has 0 saturated heterocycles. The predicted molar refractivity (Wildman–Crippen MR) is 95.9 cm³/mol. The Morgan fingerprint density at radius 1 is 1.16 bits per heavy atom. The van der Waals surface area contributed by atoms with Gasteiger partial charge in [0, 0.05) is 17.7 Å². The van der Waals surface area contributed by atoms with Gasteiger partial charge < -0.3 is 15.4 Å². The van der Waals surface area contributed by atoms with Crippen LogP contribution in [-0.2, 0) is 4.79 Å². The standard InChI is InChI=1S/C19H20N4O2/c24-15-7-5-12(6-8-15)19(25)21-14-9-13(10-20-11-14)18-22-16-3-1-2-4-17(16)23-18/h1-4,9-12,15,24H,5-8H2,(H,21,25)(H,22,23). The van der Waals surface area contributed by atoms with Crippen molar-refractivity contribution >= 4 is 22.6 Å². The predicted octanol–water partition coefficient (Wildman–Crippen LogP) is 3.11. The van der Waals surface area contributed by atoms with Gasteiger partial charge in [-0.05, 0) is 43.9 Å². The SMILES string of the molecule is O=C(Nc1cncc(-c2nc3ccccc3[nH]2)c1)C1CCC(O)CC1. The summed E-state index contributed by atoms with van der Waals surface area (Å²) in [4.78, 5) is 24.5. The van der Waals surface area contributed by atoms with Crippen LogP contribution in [0.25, 0.3) is 22.4 Å². The van der Waals surface area contributed by atoms with Gasteiger partial charge in [-0.25, -0.2) is 4.98 Å². The number of carbonyl (C=O) groups is 1. The van der Waals surface area contributed by atoms with Crippen molar-refractivity contribution in [2.24, 2.45) is 5.92 Å². The summed E-state index contributed by atoms with van der Waals surface area (Å²) in [6.45, 7) is 0. The van der Waals surface area contributed by atoms with E-state index in [4.69, 9.17) is 0 Å². The number of nitrogens with zero attached hydrogens (tertiary/aromatic N) is 2. The maximum atomic E-state index is 12.4. The molecule has 0 bridgehead atoms. The van der Waals surface area contributed by atoms with Crippen LogP contribution in [0, 0.1) is 5.92 Å². The number of H-pyrrole nitrogens is 1. The Kier molecular flexibility index (Phi) is 4.19. The molecule has 1 amide bonds. The maximum absolute atomic E-state index is 12.4. The zero-order valence-corrected chi connectivity index (χ0v) is 13.8. The lowest BCUT2D eigenvalue weighted by atomic mass is 9.87. The highest BCUT2D eigenvalue weighted by molar-refractivity contribution is 5.93. The van der Waals surface area contributed by atoms with Gasteiger partial charge in [0.05, 0.1) is 29.0 Å². The Hall–Kier alpha value is -2.73. The summed E-state index contributed by atoms with van der Waals surface area (Å²) < 4.78 is 0. The van der Waals surface area contributed by atoms with E-state index in [1.54, 1.807) is 12.4 Å². The number of aromatic amines is 1. The summed E-state index contributed by atoms with van der Waals surface area (Å²) in [5.41, 5.74) is 3.35. The largest absolute Gasteiger partial charge is 0.393 e. The van der Waals surface area contributed by atoms with Crippen LogP contribution in [0.2, 0.25) is 0 Å². The molecule has 3 aromatic rings. The fourth-order valence-corrected chi connectivity index (χ4v) is 3.31. The summed E-state index contributed by atoms with van der Waals surface area (Å²) in [7, 11) is 0. The number of para-hydroxylation sites is 2. The Morgan fingerprint density at radius 3 is 2.76 bits per heavy atom. The third-order valence-electron chi connectivity index (χ3n) is 4.74. The van der Waals surface area contributed by atoms with Crippen LogP contribution in [0.3, 0.4) is 0 Å². The number of aromatic nitrogens is 3. The lowest BCUT2D eigenvalue weighted by molar-refractivity contribution is -0.121. The molecule has 0 radical (unpaired) electrons. The van der Waals surface area contributed by atoms with Gasteiger partial charge in [0.2, 0.25) is 5.91 Å². The second-order valence-corrected chi connectivity index (χ2v) is 6.56. The van der Waals surface area contributed by atoms with Gasteiger partial charge >= 0.3 is 0 Å². The molecular weight excluding hydrogens is 316 g/mol. The van der Waals surface area contributed by atoms with Crippen molar-refractivity contribution in [2.75, 3.05) is 5.32 Å². The average Bonchev–Trinajstić information content (AvgIpc) is 3.07. The van der Waals surface area contributed by atoms with Crippen molar-refractivity contribution in [3.05, 3.63) is 42.7 Å². The molecule has 0 aliphatic heterocycles. The molecular formula is C19H20N4O2. The quantitative estimate of drug-likeness (QED) is 0.685. The molecule has 2 heterocycles. The molecule has 1 fully saturated rings. The highest BCUT2D eigenvalue weighted by Crippen LogP contribution is 2.26. The molecule has 4 rings (SSSR count). The normalized spacial score (nSPS) is 20.5. The van der Waals surface area contributed by atoms with Crippen LogP contribution in [0.15, 0.2) is 42.7 Å². The number of carbonyl (C=O) groups excluding carboxylic acids is 1. The Labute approximate surface area is 145 Å². The smallest absolute Gasteiger partial charge is 0.227 e. The highest BCUT2D eigenvalue weighted by Gasteiger charge is 2.25. The lowest BCUT2D eigenvalue weighted by Crippen LogP contribution is -2.28. The molecule has 0 atom stereocenters. The third kappa shape index (κ3) is 3.39. The summed E-state index contributed by atoms with van der Waals surface area (Å²) in [5, 5.41) is 12.5. The molecule has 6 heteroatoms. The zero-order chi connectivity index (χ0) is 17.2. The maximum Gasteiger partial charge on any atom is 0.227 e. The van der Waals surface area contributed by atoms with Crippen molar-refractivity contribution in [1.29, 1.82) is 0 Å². The van der Waals surface area contributed by atoms with E-state index in [1.165, 1.54) is 0 Å². The zero-order valence-electron chi connectivity index (χ0n) is 13.8. The number of hydrogen-bond acceptors (Lipinski definition) is 4. The van der Waals surface area contributed by atoms with Crippen molar-refractivity contribution in [3.8, 4) is 11.4 Å². The van der Waals surface area contributed by atoms with Crippen molar-refractivity contribution in [1.82, 2.24) is 15.0 Å². The summed E-state index contributed by atoms with van der Waals surface area (Å²) in [5.74, 6) is 0.680. The number of fused-ring (bicyclic) bond motifs is 1. The monoisotopic (exact) mass is 336 g/mol. The average molecular weight is 336 g/mol. The Morgan fingerprint density at radius 2 is 1.96 bits per heavy atom. The molecule has 3 N–H and O–H groups in total. The number of imidazole rings is 1. The number of benzene rings is 1. The van der Waals surface area contributed by atoms with Crippen LogP contribution in [0.1, 0.15) is 25.7 Å². The number of amides is 1. The first-order valence-electron chi connectivity index (χ1n) is 8.58. The first-order valence-corrected chi connectivity index (χ1v) is 8.58. The minimum absolute atomic E-state index is 0.00421. The van der Waals surface area contributed by atoms with Gasteiger partial charge in [-0.2, -0.15) is 0 Å². The van der Waals surface area contributed by atoms with E-state index < -0.39 is 0 Å². The van der Waals surface area contributed by atoms with Crippen molar-refractivity contribution in [3.63, 3.8) is 0 Å². The number of pyridine rings is 1. The summed E-state index contributed by atoms with van der Waals surface area (Å²) in [6.07, 6.45) is 5.94. The molecule has 128 valence electrons. The van der Waals surface area contributed by atoms with Crippen LogP contribution < -0.4 is 5.32 Å². The minimum atomic E-state index is -0.262. The third-order valence-corrected chi connectivity index (χ3v) is 4.74. The second-order valence-electron chi connectivity index (χ2n) is 6.56. The van der Waals surface area contributed by atoms with Crippen LogP contribution in [0.5, 0.6) is 0 Å². The lowest BCUT2D eigenvalue weighted by Gasteiger charge is -2.24. The summed E-state index contributed by atoms with van der Waals surface area (Å²) in [6, 6.07) is 9.71. The second kappa shape index (κ2) is 6.64. The van der Waals surface area contributed by atoms with E-state index in [1.807, 2.05) is 30.3 Å². The van der Waals surface area contributed by atoms with E-state index in [2.05, 4.69) is 20.3 Å². The topological polar surface area (TPSA) is 90.9 Å². The van der Waals surface area contributed by atoms with Gasteiger partial charge in [-0.15, -0.1) is 0 Å². The first kappa shape index (κ1) is 15.8. The number of hydrogen-bond donors (Lipinski definition) is 3. The molecule has 1 saturated carbocycles. The first-order chi connectivity index (χ1) is 12.2. The number of anilines is 1. The van der Waals surface area contributed by atoms with Gasteiger partial charge in [0.25, 0.3) is 0 Å². The molecule has 1 aliphatic carbocycles. The summed E-state index contributed by atoms with van der Waals surface area (Å²) >= 11 is 0. The van der Waals surface area contributed by atoms with Gasteiger partial charge in [0.1, 0.15) is 5.82 Å². The fraction of sp³-hybridized carbons (Fsp3) is 0.316. The van der Waals surface area contributed by atoms with Gasteiger partial charge in [-0.1, -0.05) is 12.1 Å². The molecule has 25 heavy (non-hydrogen) atoms. The molecule has 2 aromatic heterocycles. The van der Waals surface area contributed by atoms with Gasteiger partial charge in [0.15, 0.2) is 0 Å². The number of aliphatic hydroxyl groups excluding tert-OH is 1. The van der Waals surface area contributed by atoms with E-state index in [9.17, 15) is 9.90 Å². The van der Waals surface area contributed by atoms with E-state index >= 15 is 0 Å². The van der Waals surface area contributed by atoms with Crippen LogP contribution in [-0.4, -0.2) is 32.1 Å². The van der Waals surface area contributed by atoms with E-state index in [-0.39, 0.29) is 17.9 Å². The molecule has 0 unspecified atom stereocenters. The van der Waals surface area contributed by atoms with E-state index in [0.717, 1.165) is 35.3 Å². The van der Waals surface area contributed by atoms with Crippen LogP contribution >= 0.6 is 0 Å². The van der Waals surface area contributed by atoms with Crippen LogP contribution in [0.4, 0.5) is 5.69 Å². The molecule has 6 nitrogen and oxygen atoms in total. The van der Waals surface area contributed by atoms with Crippen molar-refractivity contribution in [2.45, 2.75) is 31.8 Å². The Balaban J connectivity index is 1.52. The fourth-order valence-electron chi connectivity index (χ4n) is 3.31. The molecule has 1 aromatic carbocycles.